The molecule has 120 valence electrons. The van der Waals surface area contributed by atoms with E-state index in [9.17, 15) is 9.59 Å². The molecule has 9 nitrogen and oxygen atoms in total. The number of tetrazole rings is 1. The van der Waals surface area contributed by atoms with E-state index in [1.54, 1.807) is 19.0 Å². The van der Waals surface area contributed by atoms with Crippen LogP contribution in [0.25, 0.3) is 0 Å². The van der Waals surface area contributed by atoms with Gasteiger partial charge >= 0.3 is 6.03 Å². The number of rotatable bonds is 2. The summed E-state index contributed by atoms with van der Waals surface area (Å²) in [5, 5.41) is 10.8. The first kappa shape index (κ1) is 14.7. The quantitative estimate of drug-likeness (QED) is 0.719. The van der Waals surface area contributed by atoms with Crippen LogP contribution in [0.15, 0.2) is 6.33 Å². The molecule has 0 saturated carbocycles. The van der Waals surface area contributed by atoms with Crippen molar-refractivity contribution in [1.82, 2.24) is 34.9 Å². The van der Waals surface area contributed by atoms with Gasteiger partial charge in [-0.3, -0.25) is 4.79 Å². The molecule has 0 radical (unpaired) electrons. The monoisotopic (exact) mass is 307 g/mol. The fourth-order valence-corrected chi connectivity index (χ4v) is 3.31. The molecular weight excluding hydrogens is 286 g/mol. The first-order valence-corrected chi connectivity index (χ1v) is 7.51. The van der Waals surface area contributed by atoms with Crippen molar-refractivity contribution in [3.63, 3.8) is 0 Å². The molecule has 22 heavy (non-hydrogen) atoms. The Kier molecular flexibility index (Phi) is 3.95. The van der Waals surface area contributed by atoms with Crippen LogP contribution in [-0.4, -0.2) is 86.6 Å². The van der Waals surface area contributed by atoms with Gasteiger partial charge in [0.05, 0.1) is 0 Å². The normalized spacial score (nSPS) is 24.3. The maximum atomic E-state index is 12.5. The molecule has 1 aromatic heterocycles. The second-order valence-electron chi connectivity index (χ2n) is 6.23. The SMILES string of the molecule is CN(C)C(=O)N1C[C@H]2CC[C@@H](C1)N(C(=O)Cn1cnnn1)C2. The van der Waals surface area contributed by atoms with Gasteiger partial charge in [0.25, 0.3) is 0 Å². The summed E-state index contributed by atoms with van der Waals surface area (Å²) in [7, 11) is 3.52. The predicted molar refractivity (Wildman–Crippen MR) is 76.7 cm³/mol. The Morgan fingerprint density at radius 2 is 2.05 bits per heavy atom. The number of hydrogen-bond donors (Lipinski definition) is 0. The number of hydrogen-bond acceptors (Lipinski definition) is 5. The maximum absolute atomic E-state index is 12.5. The maximum Gasteiger partial charge on any atom is 0.319 e. The van der Waals surface area contributed by atoms with Crippen molar-refractivity contribution in [1.29, 1.82) is 0 Å². The average Bonchev–Trinajstić information content (AvgIpc) is 2.83. The number of piperidine rings is 1. The lowest BCUT2D eigenvalue weighted by atomic mass is 9.95. The zero-order chi connectivity index (χ0) is 15.7. The highest BCUT2D eigenvalue weighted by atomic mass is 16.2. The summed E-state index contributed by atoms with van der Waals surface area (Å²) in [5.74, 6) is 0.363. The number of fused-ring (bicyclic) bond motifs is 4. The third-order valence-corrected chi connectivity index (χ3v) is 4.38. The second-order valence-corrected chi connectivity index (χ2v) is 6.23. The molecule has 1 aromatic rings. The van der Waals surface area contributed by atoms with Gasteiger partial charge in [-0.2, -0.15) is 0 Å². The van der Waals surface area contributed by atoms with Gasteiger partial charge < -0.3 is 14.7 Å². The number of carbonyl (C=O) groups excluding carboxylic acids is 2. The van der Waals surface area contributed by atoms with Gasteiger partial charge in [0.2, 0.25) is 5.91 Å². The van der Waals surface area contributed by atoms with E-state index >= 15 is 0 Å². The molecule has 0 unspecified atom stereocenters. The first-order chi connectivity index (χ1) is 10.5. The highest BCUT2D eigenvalue weighted by molar-refractivity contribution is 5.77. The van der Waals surface area contributed by atoms with Crippen molar-refractivity contribution in [3.05, 3.63) is 6.33 Å². The van der Waals surface area contributed by atoms with Crippen LogP contribution >= 0.6 is 0 Å². The number of nitrogens with zero attached hydrogens (tertiary/aromatic N) is 7. The molecule has 3 aliphatic rings. The third-order valence-electron chi connectivity index (χ3n) is 4.38. The summed E-state index contributed by atoms with van der Waals surface area (Å²) < 4.78 is 1.43. The fraction of sp³-hybridized carbons (Fsp3) is 0.769. The van der Waals surface area contributed by atoms with Gasteiger partial charge in [0.1, 0.15) is 12.9 Å². The topological polar surface area (TPSA) is 87.5 Å². The fourth-order valence-electron chi connectivity index (χ4n) is 3.31. The Balaban J connectivity index is 1.70. The van der Waals surface area contributed by atoms with E-state index in [1.165, 1.54) is 11.0 Å². The molecule has 3 amide bonds. The second kappa shape index (κ2) is 5.90. The van der Waals surface area contributed by atoms with Crippen molar-refractivity contribution < 1.29 is 9.59 Å². The van der Waals surface area contributed by atoms with Crippen LogP contribution in [-0.2, 0) is 11.3 Å². The van der Waals surface area contributed by atoms with Crippen LogP contribution < -0.4 is 0 Å². The first-order valence-electron chi connectivity index (χ1n) is 7.51. The zero-order valence-electron chi connectivity index (χ0n) is 12.9. The standard InChI is InChI=1S/C13H21N7O2/c1-17(2)13(22)18-5-10-3-4-11(7-18)20(6-10)12(21)8-19-9-14-15-16-19/h9-11H,3-8H2,1-2H3/t10-,11+/m1/s1. The van der Waals surface area contributed by atoms with Crippen LogP contribution in [0, 0.1) is 5.92 Å². The van der Waals surface area contributed by atoms with Gasteiger partial charge in [0, 0.05) is 39.8 Å². The van der Waals surface area contributed by atoms with Crippen molar-refractivity contribution >= 4 is 11.9 Å². The summed E-state index contributed by atoms with van der Waals surface area (Å²) in [5.41, 5.74) is 0. The molecule has 2 atom stereocenters. The number of urea groups is 1. The number of amides is 3. The molecule has 3 saturated heterocycles. The van der Waals surface area contributed by atoms with Gasteiger partial charge in [0.15, 0.2) is 0 Å². The summed E-state index contributed by atoms with van der Waals surface area (Å²) in [6.07, 6.45) is 3.45. The van der Waals surface area contributed by atoms with Crippen molar-refractivity contribution in [2.24, 2.45) is 5.92 Å². The largest absolute Gasteiger partial charge is 0.336 e. The summed E-state index contributed by atoms with van der Waals surface area (Å²) >= 11 is 0. The smallest absolute Gasteiger partial charge is 0.319 e. The molecule has 4 rings (SSSR count). The minimum atomic E-state index is 0.0150. The molecule has 9 heteroatoms. The van der Waals surface area contributed by atoms with Gasteiger partial charge in [-0.25, -0.2) is 9.48 Å². The lowest BCUT2D eigenvalue weighted by Crippen LogP contribution is -2.49. The number of aromatic nitrogens is 4. The van der Waals surface area contributed by atoms with E-state index < -0.39 is 0 Å². The molecular formula is C13H21N7O2. The van der Waals surface area contributed by atoms with Crippen LogP contribution in [0.1, 0.15) is 12.8 Å². The summed E-state index contributed by atoms with van der Waals surface area (Å²) in [4.78, 5) is 30.1. The molecule has 0 aliphatic carbocycles. The number of carbonyl (C=O) groups is 2. The van der Waals surface area contributed by atoms with E-state index in [4.69, 9.17) is 0 Å². The minimum absolute atomic E-state index is 0.0150. The molecule has 0 aromatic carbocycles. The lowest BCUT2D eigenvalue weighted by molar-refractivity contribution is -0.136. The van der Waals surface area contributed by atoms with Gasteiger partial charge in [-0.15, -0.1) is 5.10 Å². The van der Waals surface area contributed by atoms with Gasteiger partial charge in [-0.05, 0) is 29.2 Å². The Hall–Kier alpha value is -2.19. The summed E-state index contributed by atoms with van der Waals surface area (Å²) in [6, 6.07) is 0.110. The summed E-state index contributed by atoms with van der Waals surface area (Å²) in [6.45, 7) is 2.19. The van der Waals surface area contributed by atoms with Crippen molar-refractivity contribution in [3.8, 4) is 0 Å². The van der Waals surface area contributed by atoms with E-state index in [2.05, 4.69) is 15.5 Å². The molecule has 0 N–H and O–H groups in total. The predicted octanol–water partition coefficient (Wildman–Crippen LogP) is -0.722. The minimum Gasteiger partial charge on any atom is -0.336 e. The van der Waals surface area contributed by atoms with E-state index in [0.29, 0.717) is 19.0 Å². The van der Waals surface area contributed by atoms with Crippen LogP contribution in [0.2, 0.25) is 0 Å². The van der Waals surface area contributed by atoms with E-state index in [0.717, 1.165) is 19.4 Å². The highest BCUT2D eigenvalue weighted by Gasteiger charge is 2.38. The third kappa shape index (κ3) is 2.88. The van der Waals surface area contributed by atoms with E-state index in [-0.39, 0.29) is 24.5 Å². The Morgan fingerprint density at radius 3 is 2.73 bits per heavy atom. The Morgan fingerprint density at radius 1 is 1.23 bits per heavy atom. The molecule has 2 bridgehead atoms. The Bertz CT molecular complexity index is 545. The van der Waals surface area contributed by atoms with Crippen LogP contribution in [0.5, 0.6) is 0 Å². The van der Waals surface area contributed by atoms with E-state index in [1.807, 2.05) is 9.80 Å². The highest BCUT2D eigenvalue weighted by Crippen LogP contribution is 2.28. The zero-order valence-corrected chi connectivity index (χ0v) is 12.9. The average molecular weight is 307 g/mol. The van der Waals surface area contributed by atoms with Crippen molar-refractivity contribution in [2.75, 3.05) is 33.7 Å². The molecule has 3 aliphatic heterocycles. The molecule has 0 spiro atoms. The van der Waals surface area contributed by atoms with Crippen LogP contribution in [0.3, 0.4) is 0 Å². The molecule has 3 fully saturated rings. The Labute approximate surface area is 128 Å². The molecule has 4 heterocycles. The van der Waals surface area contributed by atoms with Gasteiger partial charge in [-0.1, -0.05) is 0 Å². The lowest BCUT2D eigenvalue weighted by Gasteiger charge is -2.36. The van der Waals surface area contributed by atoms with Crippen molar-refractivity contribution in [2.45, 2.75) is 25.4 Å². The van der Waals surface area contributed by atoms with Crippen LogP contribution in [0.4, 0.5) is 4.79 Å².